The van der Waals surface area contributed by atoms with Gasteiger partial charge in [0.2, 0.25) is 5.91 Å². The Bertz CT molecular complexity index is 1000. The molecule has 0 atom stereocenters. The van der Waals surface area contributed by atoms with Gasteiger partial charge in [-0.3, -0.25) is 14.9 Å². The van der Waals surface area contributed by atoms with E-state index in [1.54, 1.807) is 12.1 Å². The molecule has 0 bridgehead atoms. The number of aryl methyl sites for hydroxylation is 1. The minimum absolute atomic E-state index is 0.117. The van der Waals surface area contributed by atoms with E-state index in [-0.39, 0.29) is 23.0 Å². The lowest BCUT2D eigenvalue weighted by atomic mass is 10.2. The molecule has 7 nitrogen and oxygen atoms in total. The Morgan fingerprint density at radius 3 is 2.69 bits per heavy atom. The summed E-state index contributed by atoms with van der Waals surface area (Å²) >= 11 is 1.35. The van der Waals surface area contributed by atoms with Crippen LogP contribution in [0.15, 0.2) is 53.7 Å². The number of hydrogen-bond donors (Lipinski definition) is 1. The number of fused-ring (bicyclic) bond motifs is 1. The predicted octanol–water partition coefficient (Wildman–Crippen LogP) is 5.26. The van der Waals surface area contributed by atoms with Crippen LogP contribution in [-0.2, 0) is 11.3 Å². The second kappa shape index (κ2) is 10.1. The van der Waals surface area contributed by atoms with E-state index in [1.165, 1.54) is 36.7 Å². The number of unbranched alkanes of at least 4 members (excludes halogenated alkanes) is 3. The molecule has 2 aromatic carbocycles. The van der Waals surface area contributed by atoms with Crippen LogP contribution in [0.5, 0.6) is 0 Å². The topological polar surface area (TPSA) is 90.1 Å². The minimum Gasteiger partial charge on any atom is -0.320 e. The van der Waals surface area contributed by atoms with Gasteiger partial charge in [0.1, 0.15) is 5.69 Å². The van der Waals surface area contributed by atoms with Gasteiger partial charge in [-0.2, -0.15) is 0 Å². The molecule has 1 heterocycles. The predicted molar refractivity (Wildman–Crippen MR) is 116 cm³/mol. The van der Waals surface area contributed by atoms with Gasteiger partial charge in [0.05, 0.1) is 21.7 Å². The molecule has 1 N–H and O–H groups in total. The molecule has 0 aliphatic carbocycles. The van der Waals surface area contributed by atoms with E-state index in [1.807, 2.05) is 24.3 Å². The van der Waals surface area contributed by atoms with Crippen molar-refractivity contribution >= 4 is 40.1 Å². The summed E-state index contributed by atoms with van der Waals surface area (Å²) in [5, 5.41) is 14.5. The fraction of sp³-hybridized carbons (Fsp3) is 0.333. The first-order chi connectivity index (χ1) is 14.1. The van der Waals surface area contributed by atoms with E-state index < -0.39 is 4.92 Å². The van der Waals surface area contributed by atoms with Crippen molar-refractivity contribution in [1.29, 1.82) is 0 Å². The lowest BCUT2D eigenvalue weighted by Gasteiger charge is -2.09. The van der Waals surface area contributed by atoms with E-state index in [2.05, 4.69) is 21.8 Å². The molecule has 0 aliphatic rings. The Labute approximate surface area is 173 Å². The van der Waals surface area contributed by atoms with E-state index >= 15 is 0 Å². The SMILES string of the molecule is CCCCCCn1c(SCC(=O)Nc2ccccc2[N+](=O)[O-])nc2ccccc21. The molecule has 3 rings (SSSR count). The van der Waals surface area contributed by atoms with Crippen molar-refractivity contribution in [3.05, 3.63) is 58.6 Å². The van der Waals surface area contributed by atoms with Gasteiger partial charge in [0.25, 0.3) is 5.69 Å². The van der Waals surface area contributed by atoms with Gasteiger partial charge < -0.3 is 9.88 Å². The molecule has 0 fully saturated rings. The molecule has 1 amide bonds. The van der Waals surface area contributed by atoms with Crippen LogP contribution in [0.1, 0.15) is 32.6 Å². The van der Waals surface area contributed by atoms with Crippen molar-refractivity contribution in [2.24, 2.45) is 0 Å². The number of carbonyl (C=O) groups excluding carboxylic acids is 1. The summed E-state index contributed by atoms with van der Waals surface area (Å²) in [5.41, 5.74) is 2.06. The second-order valence-electron chi connectivity index (χ2n) is 6.71. The third-order valence-corrected chi connectivity index (χ3v) is 5.54. The molecule has 0 saturated carbocycles. The van der Waals surface area contributed by atoms with E-state index in [4.69, 9.17) is 0 Å². The Balaban J connectivity index is 1.69. The van der Waals surface area contributed by atoms with Gasteiger partial charge in [0.15, 0.2) is 5.16 Å². The number of imidazole rings is 1. The standard InChI is InChI=1S/C21H24N4O3S/c1-2-3-4-9-14-24-18-12-7-5-10-16(18)23-21(24)29-15-20(26)22-17-11-6-8-13-19(17)25(27)28/h5-8,10-13H,2-4,9,14-15H2,1H3,(H,22,26). The number of rotatable bonds is 10. The Morgan fingerprint density at radius 2 is 1.90 bits per heavy atom. The normalized spacial score (nSPS) is 10.9. The number of benzene rings is 2. The molecule has 0 spiro atoms. The first kappa shape index (κ1) is 20.9. The number of anilines is 1. The Morgan fingerprint density at radius 1 is 1.14 bits per heavy atom. The number of thioether (sulfide) groups is 1. The first-order valence-electron chi connectivity index (χ1n) is 9.71. The summed E-state index contributed by atoms with van der Waals surface area (Å²) in [6, 6.07) is 14.1. The third-order valence-electron chi connectivity index (χ3n) is 4.56. The highest BCUT2D eigenvalue weighted by Crippen LogP contribution is 2.26. The zero-order valence-electron chi connectivity index (χ0n) is 16.3. The van der Waals surface area contributed by atoms with Gasteiger partial charge in [-0.1, -0.05) is 62.2 Å². The molecule has 0 saturated heterocycles. The largest absolute Gasteiger partial charge is 0.320 e. The van der Waals surface area contributed by atoms with E-state index in [9.17, 15) is 14.9 Å². The number of amides is 1. The third kappa shape index (κ3) is 5.35. The monoisotopic (exact) mass is 412 g/mol. The molecule has 29 heavy (non-hydrogen) atoms. The zero-order valence-corrected chi connectivity index (χ0v) is 17.2. The number of carbonyl (C=O) groups is 1. The zero-order chi connectivity index (χ0) is 20.6. The van der Waals surface area contributed by atoms with Crippen LogP contribution >= 0.6 is 11.8 Å². The summed E-state index contributed by atoms with van der Waals surface area (Å²) in [7, 11) is 0. The number of nitrogens with one attached hydrogen (secondary N) is 1. The summed E-state index contributed by atoms with van der Waals surface area (Å²) in [4.78, 5) is 27.7. The van der Waals surface area contributed by atoms with Crippen molar-refractivity contribution in [1.82, 2.24) is 9.55 Å². The van der Waals surface area contributed by atoms with Crippen LogP contribution < -0.4 is 5.32 Å². The average molecular weight is 413 g/mol. The van der Waals surface area contributed by atoms with Crippen molar-refractivity contribution in [3.8, 4) is 0 Å². The molecule has 3 aromatic rings. The number of para-hydroxylation sites is 4. The molecular weight excluding hydrogens is 388 g/mol. The lowest BCUT2D eigenvalue weighted by molar-refractivity contribution is -0.383. The number of nitro groups is 1. The Kier molecular flexibility index (Phi) is 7.24. The summed E-state index contributed by atoms with van der Waals surface area (Å²) < 4.78 is 2.16. The van der Waals surface area contributed by atoms with E-state index in [0.717, 1.165) is 35.6 Å². The van der Waals surface area contributed by atoms with Gasteiger partial charge >= 0.3 is 0 Å². The quantitative estimate of drug-likeness (QED) is 0.212. The van der Waals surface area contributed by atoms with Crippen LogP contribution in [0.4, 0.5) is 11.4 Å². The second-order valence-corrected chi connectivity index (χ2v) is 7.65. The summed E-state index contributed by atoms with van der Waals surface area (Å²) in [6.07, 6.45) is 4.60. The van der Waals surface area contributed by atoms with Crippen LogP contribution in [0, 0.1) is 10.1 Å². The maximum absolute atomic E-state index is 12.4. The first-order valence-corrected chi connectivity index (χ1v) is 10.7. The fourth-order valence-electron chi connectivity index (χ4n) is 3.13. The molecule has 8 heteroatoms. The van der Waals surface area contributed by atoms with E-state index in [0.29, 0.717) is 0 Å². The van der Waals surface area contributed by atoms with Crippen molar-refractivity contribution in [2.45, 2.75) is 44.3 Å². The highest BCUT2D eigenvalue weighted by Gasteiger charge is 2.16. The maximum atomic E-state index is 12.4. The summed E-state index contributed by atoms with van der Waals surface area (Å²) in [5.74, 6) is -0.168. The van der Waals surface area contributed by atoms with Crippen LogP contribution in [0.2, 0.25) is 0 Å². The maximum Gasteiger partial charge on any atom is 0.292 e. The molecular formula is C21H24N4O3S. The molecule has 0 unspecified atom stereocenters. The van der Waals surface area contributed by atoms with Crippen molar-refractivity contribution in [3.63, 3.8) is 0 Å². The number of nitrogens with zero attached hydrogens (tertiary/aromatic N) is 3. The van der Waals surface area contributed by atoms with Gasteiger partial charge in [-0.15, -0.1) is 0 Å². The van der Waals surface area contributed by atoms with Gasteiger partial charge in [-0.05, 0) is 24.6 Å². The van der Waals surface area contributed by atoms with Gasteiger partial charge in [0, 0.05) is 12.6 Å². The van der Waals surface area contributed by atoms with Crippen LogP contribution in [0.25, 0.3) is 11.0 Å². The smallest absolute Gasteiger partial charge is 0.292 e. The van der Waals surface area contributed by atoms with Crippen molar-refractivity contribution < 1.29 is 9.72 Å². The number of nitro benzene ring substituents is 1. The molecule has 1 aromatic heterocycles. The number of aromatic nitrogens is 2. The van der Waals surface area contributed by atoms with Crippen molar-refractivity contribution in [2.75, 3.05) is 11.1 Å². The highest BCUT2D eigenvalue weighted by atomic mass is 32.2. The lowest BCUT2D eigenvalue weighted by Crippen LogP contribution is -2.15. The minimum atomic E-state index is -0.502. The van der Waals surface area contributed by atoms with Crippen LogP contribution in [-0.4, -0.2) is 26.1 Å². The summed E-state index contributed by atoms with van der Waals surface area (Å²) in [6.45, 7) is 3.04. The molecule has 152 valence electrons. The molecule has 0 radical (unpaired) electrons. The average Bonchev–Trinajstić information content (AvgIpc) is 3.07. The Hall–Kier alpha value is -2.87. The fourth-order valence-corrected chi connectivity index (χ4v) is 3.97. The van der Waals surface area contributed by atoms with Crippen LogP contribution in [0.3, 0.4) is 0 Å². The number of hydrogen-bond acceptors (Lipinski definition) is 5. The highest BCUT2D eigenvalue weighted by molar-refractivity contribution is 7.99. The molecule has 0 aliphatic heterocycles. The van der Waals surface area contributed by atoms with Gasteiger partial charge in [-0.25, -0.2) is 4.98 Å².